The second-order valence-electron chi connectivity index (χ2n) is 8.32. The van der Waals surface area contributed by atoms with Crippen molar-refractivity contribution in [3.63, 3.8) is 0 Å². The molecule has 3 rings (SSSR count). The number of hydrogen-bond acceptors (Lipinski definition) is 6. The summed E-state index contributed by atoms with van der Waals surface area (Å²) < 4.78 is 10.5. The molecule has 3 aromatic rings. The number of ether oxygens (including phenoxy) is 2. The summed E-state index contributed by atoms with van der Waals surface area (Å²) in [6.45, 7) is 3.70. The Labute approximate surface area is 226 Å². The largest absolute Gasteiger partial charge is 0.465 e. The van der Waals surface area contributed by atoms with Gasteiger partial charge in [-0.25, -0.2) is 0 Å². The number of benzene rings is 3. The minimum atomic E-state index is -1.53. The molecule has 0 unspecified atom stereocenters. The number of carbonyl (C=O) groups excluding carboxylic acids is 2. The van der Waals surface area contributed by atoms with Gasteiger partial charge in [-0.3, -0.25) is 9.59 Å². The molecule has 0 aliphatic carbocycles. The van der Waals surface area contributed by atoms with Gasteiger partial charge in [0.15, 0.2) is 5.41 Å². The van der Waals surface area contributed by atoms with Gasteiger partial charge in [-0.05, 0) is 20.3 Å². The lowest BCUT2D eigenvalue weighted by Gasteiger charge is -2.33. The van der Waals surface area contributed by atoms with Gasteiger partial charge >= 0.3 is 11.9 Å². The fourth-order valence-electron chi connectivity index (χ4n) is 4.24. The summed E-state index contributed by atoms with van der Waals surface area (Å²) in [4.78, 5) is 32.4. The van der Waals surface area contributed by atoms with E-state index in [1.807, 2.05) is 91.0 Å². The van der Waals surface area contributed by atoms with Gasteiger partial charge in [0.05, 0.1) is 13.2 Å². The highest BCUT2D eigenvalue weighted by Crippen LogP contribution is 2.40. The number of carbonyl (C=O) groups is 2. The van der Waals surface area contributed by atoms with Gasteiger partial charge in [0.1, 0.15) is 0 Å². The first kappa shape index (κ1) is 28.1. The van der Waals surface area contributed by atoms with Crippen molar-refractivity contribution in [2.75, 3.05) is 18.5 Å². The molecule has 0 aliphatic rings. The van der Waals surface area contributed by atoms with Crippen molar-refractivity contribution in [2.45, 2.75) is 32.3 Å². The third kappa shape index (κ3) is 6.28. The number of halogens is 1. The van der Waals surface area contributed by atoms with E-state index in [2.05, 4.69) is 21.1 Å². The summed E-state index contributed by atoms with van der Waals surface area (Å²) in [5.41, 5.74) is 0.0509. The molecule has 3 aromatic carbocycles. The van der Waals surface area contributed by atoms with Crippen molar-refractivity contribution < 1.29 is 23.9 Å². The monoisotopic (exact) mass is 565 g/mol. The van der Waals surface area contributed by atoms with E-state index in [-0.39, 0.29) is 26.1 Å². The molecule has 0 heterocycles. The van der Waals surface area contributed by atoms with Crippen LogP contribution < -0.4 is 0 Å². The lowest BCUT2D eigenvalue weighted by atomic mass is 9.80. The van der Waals surface area contributed by atoms with E-state index in [1.54, 1.807) is 13.8 Å². The topological polar surface area (TPSA) is 74.2 Å². The van der Waals surface area contributed by atoms with Crippen LogP contribution in [0.5, 0.6) is 0 Å². The fraction of sp³-hybridized carbons (Fsp3) is 0.300. The molecular formula is C30H32BrNO5. The summed E-state index contributed by atoms with van der Waals surface area (Å²) in [6.07, 6.45) is 1.61. The van der Waals surface area contributed by atoms with Crippen LogP contribution >= 0.6 is 15.9 Å². The van der Waals surface area contributed by atoms with E-state index in [0.29, 0.717) is 5.33 Å². The molecule has 0 bridgehead atoms. The average molecular weight is 566 g/mol. The lowest BCUT2D eigenvalue weighted by molar-refractivity contribution is -0.171. The fourth-order valence-corrected chi connectivity index (χ4v) is 4.92. The average Bonchev–Trinajstić information content (AvgIpc) is 2.94. The van der Waals surface area contributed by atoms with E-state index in [4.69, 9.17) is 14.3 Å². The van der Waals surface area contributed by atoms with E-state index < -0.39 is 23.0 Å². The molecule has 7 heteroatoms. The summed E-state index contributed by atoms with van der Waals surface area (Å²) in [5, 5.41) is 4.77. The van der Waals surface area contributed by atoms with Gasteiger partial charge < -0.3 is 14.3 Å². The summed E-state index contributed by atoms with van der Waals surface area (Å²) in [5.74, 6) is -1.28. The van der Waals surface area contributed by atoms with Gasteiger partial charge in [-0.2, -0.15) is 0 Å². The van der Waals surface area contributed by atoms with E-state index in [0.717, 1.165) is 16.7 Å². The zero-order valence-corrected chi connectivity index (χ0v) is 22.7. The molecule has 0 amide bonds. The number of alkyl halides is 1. The van der Waals surface area contributed by atoms with Crippen molar-refractivity contribution in [1.29, 1.82) is 0 Å². The molecule has 6 nitrogen and oxygen atoms in total. The quantitative estimate of drug-likeness (QED) is 0.0609. The predicted octanol–water partition coefficient (Wildman–Crippen LogP) is 6.27. The van der Waals surface area contributed by atoms with Crippen molar-refractivity contribution in [2.24, 2.45) is 10.6 Å². The highest BCUT2D eigenvalue weighted by molar-refractivity contribution is 9.09. The lowest BCUT2D eigenvalue weighted by Crippen LogP contribution is -2.43. The van der Waals surface area contributed by atoms with Gasteiger partial charge in [0.25, 0.3) is 0 Å². The van der Waals surface area contributed by atoms with Crippen LogP contribution in [0.3, 0.4) is 0 Å². The number of oxime groups is 1. The summed E-state index contributed by atoms with van der Waals surface area (Å²) in [7, 11) is 0. The minimum absolute atomic E-state index is 0.0370. The molecule has 0 aliphatic heterocycles. The maximum absolute atomic E-state index is 13.0. The molecule has 0 atom stereocenters. The molecule has 0 saturated heterocycles. The summed E-state index contributed by atoms with van der Waals surface area (Å²) in [6, 6.07) is 29.5. The summed E-state index contributed by atoms with van der Waals surface area (Å²) >= 11 is 3.37. The van der Waals surface area contributed by atoms with Crippen LogP contribution in [0.1, 0.15) is 43.4 Å². The third-order valence-corrected chi connectivity index (χ3v) is 6.49. The molecule has 194 valence electrons. The van der Waals surface area contributed by atoms with Gasteiger partial charge in [-0.1, -0.05) is 112 Å². The number of hydrogen-bond donors (Lipinski definition) is 0. The molecule has 0 N–H and O–H groups in total. The van der Waals surface area contributed by atoms with Crippen molar-refractivity contribution in [3.05, 3.63) is 108 Å². The first-order chi connectivity index (χ1) is 18.0. The molecule has 0 fully saturated rings. The van der Waals surface area contributed by atoms with Crippen LogP contribution in [0.15, 0.2) is 96.2 Å². The zero-order valence-electron chi connectivity index (χ0n) is 21.1. The highest BCUT2D eigenvalue weighted by atomic mass is 79.9. The number of esters is 2. The maximum Gasteiger partial charge on any atom is 0.323 e. The van der Waals surface area contributed by atoms with Crippen LogP contribution in [-0.4, -0.2) is 36.7 Å². The van der Waals surface area contributed by atoms with Gasteiger partial charge in [-0.15, -0.1) is 0 Å². The van der Waals surface area contributed by atoms with Gasteiger partial charge in [0, 0.05) is 34.7 Å². The Morgan fingerprint density at radius 3 is 1.51 bits per heavy atom. The van der Waals surface area contributed by atoms with E-state index in [1.165, 1.54) is 6.21 Å². The third-order valence-electron chi connectivity index (χ3n) is 6.10. The molecule has 0 radical (unpaired) electrons. The van der Waals surface area contributed by atoms with Crippen molar-refractivity contribution in [1.82, 2.24) is 0 Å². The van der Waals surface area contributed by atoms with E-state index >= 15 is 0 Å². The maximum atomic E-state index is 13.0. The molecular weight excluding hydrogens is 534 g/mol. The Kier molecular flexibility index (Phi) is 10.4. The van der Waals surface area contributed by atoms with Crippen molar-refractivity contribution >= 4 is 34.1 Å². The molecule has 0 aromatic heterocycles. The van der Waals surface area contributed by atoms with Gasteiger partial charge in [0.2, 0.25) is 5.60 Å². The SMILES string of the molecule is CCOC(=O)C(C/C=N/OC(c1ccccc1)(c1ccccc1)c1ccccc1)(CCBr)C(=O)OCC. The first-order valence-electron chi connectivity index (χ1n) is 12.3. The standard InChI is InChI=1S/C30H32BrNO5/c1-3-35-27(33)29(20-22-31,28(34)36-4-2)21-23-32-37-30(24-14-8-5-9-15-24,25-16-10-6-11-17-25)26-18-12-7-13-19-26/h5-19,23H,3-4,20-22H2,1-2H3/b32-23+. The number of nitrogens with zero attached hydrogens (tertiary/aromatic N) is 1. The zero-order chi connectivity index (χ0) is 26.6. The predicted molar refractivity (Wildman–Crippen MR) is 148 cm³/mol. The Morgan fingerprint density at radius 1 is 0.757 bits per heavy atom. The Hall–Kier alpha value is -3.45. The van der Waals surface area contributed by atoms with Crippen molar-refractivity contribution in [3.8, 4) is 0 Å². The highest BCUT2D eigenvalue weighted by Gasteiger charge is 2.48. The Morgan fingerprint density at radius 2 is 1.16 bits per heavy atom. The normalized spacial score (nSPS) is 11.8. The molecule has 37 heavy (non-hydrogen) atoms. The van der Waals surface area contributed by atoms with Crippen LogP contribution in [0.2, 0.25) is 0 Å². The smallest absolute Gasteiger partial charge is 0.323 e. The molecule has 0 saturated carbocycles. The van der Waals surface area contributed by atoms with Crippen LogP contribution in [0.4, 0.5) is 0 Å². The molecule has 0 spiro atoms. The second-order valence-corrected chi connectivity index (χ2v) is 9.12. The van der Waals surface area contributed by atoms with Crippen LogP contribution in [-0.2, 0) is 29.5 Å². The van der Waals surface area contributed by atoms with Crippen LogP contribution in [0, 0.1) is 5.41 Å². The second kappa shape index (κ2) is 13.7. The minimum Gasteiger partial charge on any atom is -0.465 e. The van der Waals surface area contributed by atoms with Crippen LogP contribution in [0.25, 0.3) is 0 Å². The number of rotatable bonds is 13. The first-order valence-corrected chi connectivity index (χ1v) is 13.4. The Balaban J connectivity index is 2.06. The van der Waals surface area contributed by atoms with E-state index in [9.17, 15) is 9.59 Å². The Bertz CT molecular complexity index is 1040.